The molecule has 0 saturated carbocycles. The van der Waals surface area contributed by atoms with Crippen molar-refractivity contribution in [1.29, 1.82) is 0 Å². The van der Waals surface area contributed by atoms with Gasteiger partial charge in [0, 0.05) is 13.1 Å². The third-order valence-corrected chi connectivity index (χ3v) is 3.12. The highest BCUT2D eigenvalue weighted by Crippen LogP contribution is 2.33. The number of carbonyl (C=O) groups is 1. The summed E-state index contributed by atoms with van der Waals surface area (Å²) in [5.74, 6) is 6.93. The zero-order chi connectivity index (χ0) is 14.5. The van der Waals surface area contributed by atoms with E-state index in [0.29, 0.717) is 23.9 Å². The van der Waals surface area contributed by atoms with Crippen molar-refractivity contribution in [2.75, 3.05) is 37.6 Å². The molecule has 0 spiro atoms. The predicted octanol–water partition coefficient (Wildman–Crippen LogP) is -0.294. The van der Waals surface area contributed by atoms with Crippen molar-refractivity contribution in [3.8, 4) is 5.75 Å². The molecule has 0 aromatic carbocycles. The van der Waals surface area contributed by atoms with Gasteiger partial charge in [-0.05, 0) is 6.42 Å². The minimum Gasteiger partial charge on any atom is -0.490 e. The van der Waals surface area contributed by atoms with Gasteiger partial charge in [0.2, 0.25) is 5.75 Å². The molecule has 9 heteroatoms. The van der Waals surface area contributed by atoms with Gasteiger partial charge >= 0.3 is 6.09 Å². The Morgan fingerprint density at radius 3 is 2.95 bits per heavy atom. The second-order valence-corrected chi connectivity index (χ2v) is 4.29. The molecule has 1 atom stereocenters. The summed E-state index contributed by atoms with van der Waals surface area (Å²) in [7, 11) is 2.87. The molecule has 4 N–H and O–H groups in total. The Labute approximate surface area is 116 Å². The maximum atomic E-state index is 11.2. The number of hydrogen-bond donors (Lipinski definition) is 3. The molecular formula is C11H18N6O3. The lowest BCUT2D eigenvalue weighted by Crippen LogP contribution is -2.37. The minimum absolute atomic E-state index is 0.0106. The van der Waals surface area contributed by atoms with Gasteiger partial charge in [0.05, 0.1) is 20.3 Å². The van der Waals surface area contributed by atoms with Gasteiger partial charge in [-0.15, -0.1) is 0 Å². The lowest BCUT2D eigenvalue weighted by Gasteiger charge is -2.20. The highest BCUT2D eigenvalue weighted by molar-refractivity contribution is 5.68. The summed E-state index contributed by atoms with van der Waals surface area (Å²) in [5.41, 5.74) is 2.47. The molecule has 110 valence electrons. The second kappa shape index (κ2) is 6.24. The lowest BCUT2D eigenvalue weighted by atomic mass is 10.3. The normalized spacial score (nSPS) is 17.8. The van der Waals surface area contributed by atoms with Gasteiger partial charge in [0.1, 0.15) is 6.33 Å². The van der Waals surface area contributed by atoms with E-state index in [1.165, 1.54) is 20.5 Å². The summed E-state index contributed by atoms with van der Waals surface area (Å²) in [6.07, 6.45) is 1.78. The molecule has 0 radical (unpaired) electrons. The van der Waals surface area contributed by atoms with Crippen molar-refractivity contribution in [1.82, 2.24) is 15.3 Å². The number of anilines is 2. The van der Waals surface area contributed by atoms with Gasteiger partial charge in [0.25, 0.3) is 0 Å². The van der Waals surface area contributed by atoms with Crippen molar-refractivity contribution < 1.29 is 14.3 Å². The van der Waals surface area contributed by atoms with Gasteiger partial charge in [0.15, 0.2) is 11.6 Å². The summed E-state index contributed by atoms with van der Waals surface area (Å²) < 4.78 is 9.89. The first-order valence-corrected chi connectivity index (χ1v) is 6.14. The molecule has 9 nitrogen and oxygen atoms in total. The lowest BCUT2D eigenvalue weighted by molar-refractivity contribution is 0.167. The van der Waals surface area contributed by atoms with Gasteiger partial charge in [-0.25, -0.2) is 20.6 Å². The van der Waals surface area contributed by atoms with Crippen LogP contribution in [0.5, 0.6) is 5.75 Å². The molecule has 2 heterocycles. The van der Waals surface area contributed by atoms with Crippen LogP contribution < -0.4 is 26.2 Å². The monoisotopic (exact) mass is 282 g/mol. The molecule has 1 aromatic heterocycles. The van der Waals surface area contributed by atoms with Crippen molar-refractivity contribution in [3.05, 3.63) is 6.33 Å². The van der Waals surface area contributed by atoms with Gasteiger partial charge in [-0.1, -0.05) is 0 Å². The Hall–Kier alpha value is -2.29. The predicted molar refractivity (Wildman–Crippen MR) is 72.6 cm³/mol. The fourth-order valence-electron chi connectivity index (χ4n) is 2.18. The molecular weight excluding hydrogens is 264 g/mol. The van der Waals surface area contributed by atoms with Crippen LogP contribution in [0.4, 0.5) is 16.4 Å². The number of ether oxygens (including phenoxy) is 2. The van der Waals surface area contributed by atoms with Gasteiger partial charge in [-0.2, -0.15) is 0 Å². The van der Waals surface area contributed by atoms with E-state index in [0.717, 1.165) is 13.0 Å². The van der Waals surface area contributed by atoms with Crippen LogP contribution in [0.1, 0.15) is 6.42 Å². The van der Waals surface area contributed by atoms with Crippen LogP contribution in [0.2, 0.25) is 0 Å². The molecule has 2 rings (SSSR count). The van der Waals surface area contributed by atoms with E-state index in [-0.39, 0.29) is 6.04 Å². The van der Waals surface area contributed by atoms with Crippen LogP contribution in [0.3, 0.4) is 0 Å². The zero-order valence-corrected chi connectivity index (χ0v) is 11.4. The Morgan fingerprint density at radius 1 is 1.50 bits per heavy atom. The van der Waals surface area contributed by atoms with E-state index in [2.05, 4.69) is 25.4 Å². The first-order valence-electron chi connectivity index (χ1n) is 6.14. The number of nitrogens with two attached hydrogens (primary N) is 1. The van der Waals surface area contributed by atoms with Crippen molar-refractivity contribution in [3.63, 3.8) is 0 Å². The fraction of sp³-hybridized carbons (Fsp3) is 0.545. The first-order chi connectivity index (χ1) is 9.69. The first kappa shape index (κ1) is 14.1. The average Bonchev–Trinajstić information content (AvgIpc) is 2.94. The van der Waals surface area contributed by atoms with E-state index < -0.39 is 6.09 Å². The molecule has 1 amide bonds. The van der Waals surface area contributed by atoms with E-state index in [1.807, 2.05) is 4.90 Å². The summed E-state index contributed by atoms with van der Waals surface area (Å²) in [4.78, 5) is 21.4. The molecule has 0 bridgehead atoms. The molecule has 1 aromatic rings. The average molecular weight is 282 g/mol. The summed E-state index contributed by atoms with van der Waals surface area (Å²) in [5, 5.41) is 2.77. The third kappa shape index (κ3) is 2.82. The SMILES string of the molecule is COC(=O)NC1CCN(c2ncnc(NN)c2OC)C1. The van der Waals surface area contributed by atoms with Crippen molar-refractivity contribution in [2.45, 2.75) is 12.5 Å². The Kier molecular flexibility index (Phi) is 4.41. The number of rotatable bonds is 4. The minimum atomic E-state index is -0.434. The highest BCUT2D eigenvalue weighted by atomic mass is 16.5. The zero-order valence-electron chi connectivity index (χ0n) is 11.4. The van der Waals surface area contributed by atoms with Crippen molar-refractivity contribution >= 4 is 17.7 Å². The number of alkyl carbamates (subject to hydrolysis) is 1. The number of carbonyl (C=O) groups excluding carboxylic acids is 1. The fourth-order valence-corrected chi connectivity index (χ4v) is 2.18. The number of amides is 1. The topological polar surface area (TPSA) is 115 Å². The van der Waals surface area contributed by atoms with Crippen LogP contribution >= 0.6 is 0 Å². The number of nitrogen functional groups attached to an aromatic ring is 1. The molecule has 1 fully saturated rings. The summed E-state index contributed by atoms with van der Waals surface area (Å²) in [6, 6.07) is 0.0106. The Balaban J connectivity index is 2.12. The maximum Gasteiger partial charge on any atom is 0.407 e. The van der Waals surface area contributed by atoms with Crippen LogP contribution in [-0.2, 0) is 4.74 Å². The highest BCUT2D eigenvalue weighted by Gasteiger charge is 2.28. The number of aromatic nitrogens is 2. The van der Waals surface area contributed by atoms with Crippen LogP contribution in [-0.4, -0.2) is 49.4 Å². The third-order valence-electron chi connectivity index (χ3n) is 3.12. The number of methoxy groups -OCH3 is 2. The van der Waals surface area contributed by atoms with Crippen LogP contribution in [0, 0.1) is 0 Å². The largest absolute Gasteiger partial charge is 0.490 e. The molecule has 0 aliphatic carbocycles. The van der Waals surface area contributed by atoms with E-state index in [4.69, 9.17) is 10.6 Å². The second-order valence-electron chi connectivity index (χ2n) is 4.29. The number of nitrogens with zero attached hydrogens (tertiary/aromatic N) is 3. The summed E-state index contributed by atoms with van der Waals surface area (Å²) >= 11 is 0. The Morgan fingerprint density at radius 2 is 2.30 bits per heavy atom. The van der Waals surface area contributed by atoms with Crippen LogP contribution in [0.15, 0.2) is 6.33 Å². The van der Waals surface area contributed by atoms with Crippen molar-refractivity contribution in [2.24, 2.45) is 5.84 Å². The Bertz CT molecular complexity index is 483. The molecule has 1 aliphatic rings. The number of nitrogens with one attached hydrogen (secondary N) is 2. The maximum absolute atomic E-state index is 11.2. The van der Waals surface area contributed by atoms with E-state index >= 15 is 0 Å². The van der Waals surface area contributed by atoms with Gasteiger partial charge in [-0.3, -0.25) is 0 Å². The van der Waals surface area contributed by atoms with E-state index in [9.17, 15) is 4.79 Å². The van der Waals surface area contributed by atoms with Gasteiger partial charge < -0.3 is 25.1 Å². The van der Waals surface area contributed by atoms with Crippen LogP contribution in [0.25, 0.3) is 0 Å². The number of hydrogen-bond acceptors (Lipinski definition) is 8. The molecule has 1 unspecified atom stereocenters. The molecule has 1 saturated heterocycles. The molecule has 1 aliphatic heterocycles. The number of hydrazine groups is 1. The smallest absolute Gasteiger partial charge is 0.407 e. The quantitative estimate of drug-likeness (QED) is 0.509. The summed E-state index contributed by atoms with van der Waals surface area (Å²) in [6.45, 7) is 1.36. The molecule has 20 heavy (non-hydrogen) atoms. The van der Waals surface area contributed by atoms with E-state index in [1.54, 1.807) is 0 Å². The standard InChI is InChI=1S/C11H18N6O3/c1-19-8-9(16-12)13-6-14-10(8)17-4-3-7(5-17)15-11(18)20-2/h6-7H,3-5,12H2,1-2H3,(H,15,18)(H,13,14,16).